The highest BCUT2D eigenvalue weighted by atomic mass is 16.5. The molecule has 3 aromatic carbocycles. The van der Waals surface area contributed by atoms with Crippen molar-refractivity contribution in [2.24, 2.45) is 0 Å². The van der Waals surface area contributed by atoms with Gasteiger partial charge in [-0.05, 0) is 72.5 Å². The van der Waals surface area contributed by atoms with Crippen LogP contribution in [0.25, 0.3) is 22.3 Å². The van der Waals surface area contributed by atoms with Crippen LogP contribution < -0.4 is 10.1 Å². The summed E-state index contributed by atoms with van der Waals surface area (Å²) in [5.74, 6) is 0.478. The third-order valence-electron chi connectivity index (χ3n) is 5.50. The minimum atomic E-state index is -0.177. The molecule has 1 amide bonds. The van der Waals surface area contributed by atoms with Crippen molar-refractivity contribution in [1.82, 2.24) is 10.3 Å². The third kappa shape index (κ3) is 5.21. The zero-order chi connectivity index (χ0) is 23.4. The molecule has 0 fully saturated rings. The maximum absolute atomic E-state index is 13.1. The number of hydrogen-bond acceptors (Lipinski definition) is 4. The number of ether oxygens (including phenoxy) is 1. The van der Waals surface area contributed by atoms with Crippen LogP contribution in [0.2, 0.25) is 0 Å². The number of methoxy groups -OCH3 is 1. The van der Waals surface area contributed by atoms with Gasteiger partial charge in [-0.2, -0.15) is 0 Å². The summed E-state index contributed by atoms with van der Waals surface area (Å²) in [5.41, 5.74) is 7.13. The molecule has 0 saturated heterocycles. The number of hydrogen-bond donors (Lipinski definition) is 2. The molecule has 1 heterocycles. The Morgan fingerprint density at radius 1 is 0.909 bits per heavy atom. The van der Waals surface area contributed by atoms with Gasteiger partial charge in [0, 0.05) is 35.6 Å². The maximum atomic E-state index is 13.1. The van der Waals surface area contributed by atoms with Gasteiger partial charge in [-0.3, -0.25) is 9.78 Å². The van der Waals surface area contributed by atoms with Gasteiger partial charge in [0.05, 0.1) is 7.11 Å². The topological polar surface area (TPSA) is 71.5 Å². The lowest BCUT2D eigenvalue weighted by molar-refractivity contribution is 0.0951. The van der Waals surface area contributed by atoms with E-state index in [1.54, 1.807) is 31.5 Å². The summed E-state index contributed by atoms with van der Waals surface area (Å²) in [6.07, 6.45) is 1.77. The molecule has 2 N–H and O–H groups in total. The van der Waals surface area contributed by atoms with Crippen molar-refractivity contribution >= 4 is 5.91 Å². The van der Waals surface area contributed by atoms with E-state index in [9.17, 15) is 9.90 Å². The Labute approximate surface area is 193 Å². The van der Waals surface area contributed by atoms with Crippen LogP contribution in [-0.2, 0) is 6.54 Å². The largest absolute Gasteiger partial charge is 0.508 e. The Kier molecular flexibility index (Phi) is 6.41. The van der Waals surface area contributed by atoms with Gasteiger partial charge in [0.15, 0.2) is 0 Å². The second-order valence-electron chi connectivity index (χ2n) is 8.04. The fourth-order valence-corrected chi connectivity index (χ4v) is 3.63. The average Bonchev–Trinajstić information content (AvgIpc) is 2.83. The van der Waals surface area contributed by atoms with Gasteiger partial charge in [-0.15, -0.1) is 0 Å². The monoisotopic (exact) mass is 438 g/mol. The fourth-order valence-electron chi connectivity index (χ4n) is 3.63. The number of benzene rings is 3. The number of phenolic OH excluding ortho intramolecular Hbond substituents is 1. The summed E-state index contributed by atoms with van der Waals surface area (Å²) < 4.78 is 5.49. The lowest BCUT2D eigenvalue weighted by Crippen LogP contribution is -2.23. The van der Waals surface area contributed by atoms with E-state index in [4.69, 9.17) is 4.74 Å². The van der Waals surface area contributed by atoms with E-state index in [2.05, 4.69) is 10.3 Å². The van der Waals surface area contributed by atoms with Crippen molar-refractivity contribution in [3.8, 4) is 33.8 Å². The van der Waals surface area contributed by atoms with E-state index < -0.39 is 0 Å². The number of nitrogens with zero attached hydrogens (tertiary/aromatic N) is 1. The molecule has 0 unspecified atom stereocenters. The summed E-state index contributed by atoms with van der Waals surface area (Å²) in [5, 5.41) is 12.9. The smallest absolute Gasteiger partial charge is 0.251 e. The van der Waals surface area contributed by atoms with Crippen LogP contribution in [0.15, 0.2) is 79.0 Å². The minimum absolute atomic E-state index is 0.120. The molecule has 1 aromatic heterocycles. The first-order valence-corrected chi connectivity index (χ1v) is 10.7. The first-order valence-electron chi connectivity index (χ1n) is 10.7. The van der Waals surface area contributed by atoms with Gasteiger partial charge in [0.2, 0.25) is 0 Å². The Morgan fingerprint density at radius 3 is 2.36 bits per heavy atom. The molecule has 5 nitrogen and oxygen atoms in total. The molecule has 33 heavy (non-hydrogen) atoms. The summed E-state index contributed by atoms with van der Waals surface area (Å²) in [6.45, 7) is 4.36. The highest BCUT2D eigenvalue weighted by Crippen LogP contribution is 2.36. The normalized spacial score (nSPS) is 10.6. The Bertz CT molecular complexity index is 1280. The lowest BCUT2D eigenvalue weighted by atomic mass is 9.95. The quantitative estimate of drug-likeness (QED) is 0.406. The zero-order valence-corrected chi connectivity index (χ0v) is 18.9. The highest BCUT2D eigenvalue weighted by molar-refractivity contribution is 5.97. The van der Waals surface area contributed by atoms with Crippen LogP contribution >= 0.6 is 0 Å². The van der Waals surface area contributed by atoms with Crippen molar-refractivity contribution in [3.63, 3.8) is 0 Å². The van der Waals surface area contributed by atoms with Crippen molar-refractivity contribution in [2.75, 3.05) is 7.11 Å². The zero-order valence-electron chi connectivity index (χ0n) is 18.9. The van der Waals surface area contributed by atoms with E-state index in [-0.39, 0.29) is 11.7 Å². The van der Waals surface area contributed by atoms with Crippen LogP contribution in [0, 0.1) is 13.8 Å². The Balaban J connectivity index is 1.73. The number of pyridine rings is 1. The van der Waals surface area contributed by atoms with Gasteiger partial charge >= 0.3 is 0 Å². The second kappa shape index (κ2) is 9.57. The molecule has 0 saturated carbocycles. The molecule has 166 valence electrons. The maximum Gasteiger partial charge on any atom is 0.251 e. The van der Waals surface area contributed by atoms with Crippen LogP contribution in [0.5, 0.6) is 11.5 Å². The number of carbonyl (C=O) groups excluding carboxylic acids is 1. The average molecular weight is 439 g/mol. The van der Waals surface area contributed by atoms with Crippen LogP contribution in [0.4, 0.5) is 0 Å². The van der Waals surface area contributed by atoms with Gasteiger partial charge < -0.3 is 15.2 Å². The number of aromatic nitrogens is 1. The molecule has 0 aliphatic carbocycles. The van der Waals surface area contributed by atoms with Gasteiger partial charge in [0.1, 0.15) is 11.5 Å². The molecule has 0 radical (unpaired) electrons. The van der Waals surface area contributed by atoms with Crippen molar-refractivity contribution in [1.29, 1.82) is 0 Å². The molecule has 0 aliphatic rings. The van der Waals surface area contributed by atoms with E-state index in [1.165, 1.54) is 5.56 Å². The molecular weight excluding hydrogens is 412 g/mol. The predicted octanol–water partition coefficient (Wildman–Crippen LogP) is 5.68. The number of aromatic hydroxyl groups is 1. The van der Waals surface area contributed by atoms with E-state index >= 15 is 0 Å². The number of aryl methyl sites for hydroxylation is 2. The molecule has 5 heteroatoms. The van der Waals surface area contributed by atoms with Crippen LogP contribution in [0.3, 0.4) is 0 Å². The van der Waals surface area contributed by atoms with Gasteiger partial charge in [-0.1, -0.05) is 35.9 Å². The number of amides is 1. The first kappa shape index (κ1) is 22.1. The third-order valence-corrected chi connectivity index (χ3v) is 5.50. The second-order valence-corrected chi connectivity index (χ2v) is 8.04. The number of nitrogens with one attached hydrogen (secondary N) is 1. The molecule has 4 aromatic rings. The number of carbonyl (C=O) groups is 1. The fraction of sp³-hybridized carbons (Fsp3) is 0.143. The van der Waals surface area contributed by atoms with Crippen molar-refractivity contribution < 1.29 is 14.6 Å². The lowest BCUT2D eigenvalue weighted by Gasteiger charge is -2.14. The van der Waals surface area contributed by atoms with Gasteiger partial charge in [0.25, 0.3) is 5.91 Å². The molecular formula is C28H26N2O3. The van der Waals surface area contributed by atoms with Crippen LogP contribution in [0.1, 0.15) is 27.2 Å². The van der Waals surface area contributed by atoms with Crippen molar-refractivity contribution in [3.05, 3.63) is 101 Å². The van der Waals surface area contributed by atoms with E-state index in [0.717, 1.165) is 33.5 Å². The molecule has 0 atom stereocenters. The predicted molar refractivity (Wildman–Crippen MR) is 130 cm³/mol. The molecule has 4 rings (SSSR count). The first-order chi connectivity index (χ1) is 15.9. The minimum Gasteiger partial charge on any atom is -0.508 e. The summed E-state index contributed by atoms with van der Waals surface area (Å²) in [7, 11) is 1.56. The summed E-state index contributed by atoms with van der Waals surface area (Å²) in [4.78, 5) is 17.4. The molecule has 0 spiro atoms. The standard InChI is InChI=1S/C28H26N2O3/c1-18-4-8-21(9-5-18)22-12-23(26-11-10-25(31)15-27(26)33-3)14-24(13-22)28(32)30-17-20-7-6-19(2)29-16-20/h4-16,31H,17H2,1-3H3,(H,30,32). The number of rotatable bonds is 6. The van der Waals surface area contributed by atoms with Crippen LogP contribution in [-0.4, -0.2) is 23.1 Å². The van der Waals surface area contributed by atoms with Crippen molar-refractivity contribution in [2.45, 2.75) is 20.4 Å². The summed E-state index contributed by atoms with van der Waals surface area (Å²) in [6, 6.07) is 22.8. The Morgan fingerprint density at radius 2 is 1.67 bits per heavy atom. The summed E-state index contributed by atoms with van der Waals surface area (Å²) >= 11 is 0. The van der Waals surface area contributed by atoms with E-state index in [1.807, 2.05) is 68.4 Å². The highest BCUT2D eigenvalue weighted by Gasteiger charge is 2.14. The molecule has 0 bridgehead atoms. The molecule has 0 aliphatic heterocycles. The number of phenols is 1. The van der Waals surface area contributed by atoms with E-state index in [0.29, 0.717) is 17.9 Å². The SMILES string of the molecule is COc1cc(O)ccc1-c1cc(C(=O)NCc2ccc(C)nc2)cc(-c2ccc(C)cc2)c1. The van der Waals surface area contributed by atoms with Gasteiger partial charge in [-0.25, -0.2) is 0 Å². The Hall–Kier alpha value is -4.12.